The third kappa shape index (κ3) is 5.02. The topological polar surface area (TPSA) is 75.7 Å². The van der Waals surface area contributed by atoms with Gasteiger partial charge in [0.2, 0.25) is 0 Å². The molecule has 3 aromatic rings. The summed E-state index contributed by atoms with van der Waals surface area (Å²) < 4.78 is 20.3. The van der Waals surface area contributed by atoms with Gasteiger partial charge in [-0.1, -0.05) is 53.2 Å². The van der Waals surface area contributed by atoms with E-state index < -0.39 is 17.8 Å². The van der Waals surface area contributed by atoms with Crippen molar-refractivity contribution in [3.63, 3.8) is 0 Å². The first-order valence-corrected chi connectivity index (χ1v) is 11.7. The van der Waals surface area contributed by atoms with Crippen molar-refractivity contribution in [1.82, 2.24) is 5.32 Å². The van der Waals surface area contributed by atoms with Crippen LogP contribution < -0.4 is 15.0 Å². The summed E-state index contributed by atoms with van der Waals surface area (Å²) in [5, 5.41) is 2.23. The number of barbiturate groups is 1. The first kappa shape index (κ1) is 24.3. The monoisotopic (exact) mass is 536 g/mol. The summed E-state index contributed by atoms with van der Waals surface area (Å²) in [4.78, 5) is 39.1. The Morgan fingerprint density at radius 2 is 1.77 bits per heavy atom. The van der Waals surface area contributed by atoms with Crippen LogP contribution in [0.4, 0.5) is 14.9 Å². The van der Waals surface area contributed by atoms with Gasteiger partial charge in [0, 0.05) is 16.5 Å². The van der Waals surface area contributed by atoms with Crippen LogP contribution in [-0.4, -0.2) is 25.0 Å². The van der Waals surface area contributed by atoms with Gasteiger partial charge in [0.1, 0.15) is 17.1 Å². The van der Waals surface area contributed by atoms with E-state index in [4.69, 9.17) is 4.74 Å². The number of hydrogen-bond donors (Lipinski definition) is 1. The maximum atomic E-state index is 14.2. The van der Waals surface area contributed by atoms with Crippen LogP contribution in [0, 0.1) is 5.82 Å². The Hall–Kier alpha value is -3.78. The third-order valence-electron chi connectivity index (χ3n) is 5.74. The second kappa shape index (κ2) is 10.2. The molecule has 3 aromatic carbocycles. The highest BCUT2D eigenvalue weighted by Gasteiger charge is 2.36. The molecule has 4 amide bonds. The van der Waals surface area contributed by atoms with E-state index in [2.05, 4.69) is 21.2 Å². The molecule has 0 aromatic heterocycles. The lowest BCUT2D eigenvalue weighted by Crippen LogP contribution is -2.54. The van der Waals surface area contributed by atoms with Gasteiger partial charge in [-0.3, -0.25) is 14.9 Å². The molecule has 4 rings (SSSR count). The van der Waals surface area contributed by atoms with Crippen LogP contribution in [0.1, 0.15) is 29.2 Å². The van der Waals surface area contributed by atoms with Gasteiger partial charge in [0.05, 0.1) is 12.8 Å². The average molecular weight is 537 g/mol. The maximum absolute atomic E-state index is 14.2. The number of anilines is 1. The molecular formula is C27H22BrFN2O4. The zero-order valence-corrected chi connectivity index (χ0v) is 20.7. The van der Waals surface area contributed by atoms with Crippen molar-refractivity contribution in [2.75, 3.05) is 12.0 Å². The Kier molecular flexibility index (Phi) is 7.12. The number of carbonyl (C=O) groups is 3. The lowest BCUT2D eigenvalue weighted by Gasteiger charge is -2.26. The van der Waals surface area contributed by atoms with Crippen molar-refractivity contribution in [3.05, 3.63) is 98.8 Å². The summed E-state index contributed by atoms with van der Waals surface area (Å²) in [5.41, 5.74) is 2.94. The minimum absolute atomic E-state index is 0.194. The van der Waals surface area contributed by atoms with Crippen molar-refractivity contribution >= 4 is 45.5 Å². The molecule has 1 N–H and O–H groups in total. The van der Waals surface area contributed by atoms with E-state index in [1.165, 1.54) is 19.3 Å². The highest BCUT2D eigenvalue weighted by Crippen LogP contribution is 2.33. The molecule has 1 saturated heterocycles. The first-order valence-electron chi connectivity index (χ1n) is 10.9. The molecule has 0 radical (unpaired) electrons. The number of hydrogen-bond acceptors (Lipinski definition) is 4. The van der Waals surface area contributed by atoms with Gasteiger partial charge in [-0.2, -0.15) is 0 Å². The zero-order chi connectivity index (χ0) is 25.1. The second-order valence-corrected chi connectivity index (χ2v) is 8.78. The fourth-order valence-electron chi connectivity index (χ4n) is 3.84. The number of halogens is 2. The molecule has 0 saturated carbocycles. The molecule has 6 nitrogen and oxygen atoms in total. The van der Waals surface area contributed by atoms with E-state index in [0.717, 1.165) is 16.9 Å². The lowest BCUT2D eigenvalue weighted by molar-refractivity contribution is -0.122. The first-order chi connectivity index (χ1) is 16.8. The molecule has 1 aliphatic heterocycles. The number of rotatable bonds is 6. The summed E-state index contributed by atoms with van der Waals surface area (Å²) in [6, 6.07) is 16.0. The number of ether oxygens (including phenoxy) is 1. The summed E-state index contributed by atoms with van der Waals surface area (Å²) in [6.07, 6.45) is 2.49. The smallest absolute Gasteiger partial charge is 0.335 e. The molecule has 1 aliphatic rings. The number of nitrogens with one attached hydrogen (secondary N) is 1. The van der Waals surface area contributed by atoms with Gasteiger partial charge < -0.3 is 4.74 Å². The average Bonchev–Trinajstić information content (AvgIpc) is 2.84. The molecule has 0 unspecified atom stereocenters. The van der Waals surface area contributed by atoms with Crippen LogP contribution in [-0.2, 0) is 22.4 Å². The SMILES string of the molecule is CCc1ccc(N2C(=O)NC(=O)/C(=C\c3cc(Br)c(Cc4ccccc4F)c(OC)c3)C2=O)cc1. The third-order valence-corrected chi connectivity index (χ3v) is 6.44. The fourth-order valence-corrected chi connectivity index (χ4v) is 4.44. The lowest BCUT2D eigenvalue weighted by atomic mass is 10.00. The summed E-state index contributed by atoms with van der Waals surface area (Å²) in [6.45, 7) is 2.00. The molecular weight excluding hydrogens is 515 g/mol. The molecule has 1 fully saturated rings. The van der Waals surface area contributed by atoms with Gasteiger partial charge in [0.25, 0.3) is 11.8 Å². The standard InChI is InChI=1S/C27H22BrFN2O4/c1-3-16-8-10-19(11-9-16)31-26(33)21(25(32)30-27(31)34)12-17-13-22(28)20(24(14-17)35-2)15-18-6-4-5-7-23(18)29/h4-14H,3,15H2,1-2H3,(H,30,32,34)/b21-12+. The fraction of sp³-hybridized carbons (Fsp3) is 0.148. The highest BCUT2D eigenvalue weighted by atomic mass is 79.9. The maximum Gasteiger partial charge on any atom is 0.335 e. The van der Waals surface area contributed by atoms with Crippen molar-refractivity contribution in [2.45, 2.75) is 19.8 Å². The van der Waals surface area contributed by atoms with E-state index >= 15 is 0 Å². The zero-order valence-electron chi connectivity index (χ0n) is 19.1. The summed E-state index contributed by atoms with van der Waals surface area (Å²) in [5.74, 6) is -1.38. The van der Waals surface area contributed by atoms with Gasteiger partial charge in [0.15, 0.2) is 0 Å². The molecule has 0 bridgehead atoms. The predicted octanol–water partition coefficient (Wildman–Crippen LogP) is 5.42. The Balaban J connectivity index is 1.69. The number of amides is 4. The van der Waals surface area contributed by atoms with Crippen LogP contribution in [0.5, 0.6) is 5.75 Å². The summed E-state index contributed by atoms with van der Waals surface area (Å²) >= 11 is 3.51. The molecule has 1 heterocycles. The molecule has 35 heavy (non-hydrogen) atoms. The number of aryl methyl sites for hydroxylation is 1. The quantitative estimate of drug-likeness (QED) is 0.337. The van der Waals surface area contributed by atoms with Gasteiger partial charge >= 0.3 is 6.03 Å². The minimum Gasteiger partial charge on any atom is -0.496 e. The van der Waals surface area contributed by atoms with Crippen molar-refractivity contribution < 1.29 is 23.5 Å². The Morgan fingerprint density at radius 3 is 2.43 bits per heavy atom. The normalized spacial score (nSPS) is 14.9. The molecule has 0 aliphatic carbocycles. The second-order valence-electron chi connectivity index (χ2n) is 7.93. The molecule has 0 spiro atoms. The molecule has 0 atom stereocenters. The van der Waals surface area contributed by atoms with Crippen LogP contribution in [0.2, 0.25) is 0 Å². The Bertz CT molecular complexity index is 1350. The predicted molar refractivity (Wildman–Crippen MR) is 135 cm³/mol. The van der Waals surface area contributed by atoms with E-state index in [1.807, 2.05) is 19.1 Å². The number of methoxy groups -OCH3 is 1. The van der Waals surface area contributed by atoms with Crippen molar-refractivity contribution in [2.24, 2.45) is 0 Å². The van der Waals surface area contributed by atoms with Crippen LogP contribution >= 0.6 is 15.9 Å². The minimum atomic E-state index is -0.805. The number of urea groups is 1. The van der Waals surface area contributed by atoms with E-state index in [9.17, 15) is 18.8 Å². The highest BCUT2D eigenvalue weighted by molar-refractivity contribution is 9.10. The van der Waals surface area contributed by atoms with E-state index in [0.29, 0.717) is 32.6 Å². The number of benzene rings is 3. The number of imide groups is 2. The van der Waals surface area contributed by atoms with Crippen LogP contribution in [0.25, 0.3) is 6.08 Å². The van der Waals surface area contributed by atoms with Crippen molar-refractivity contribution in [1.29, 1.82) is 0 Å². The van der Waals surface area contributed by atoms with Crippen LogP contribution in [0.15, 0.2) is 70.7 Å². The van der Waals surface area contributed by atoms with Crippen molar-refractivity contribution in [3.8, 4) is 5.75 Å². The molecule has 178 valence electrons. The van der Waals surface area contributed by atoms with Gasteiger partial charge in [-0.05, 0) is 59.5 Å². The van der Waals surface area contributed by atoms with Crippen LogP contribution in [0.3, 0.4) is 0 Å². The molecule has 8 heteroatoms. The van der Waals surface area contributed by atoms with E-state index in [1.54, 1.807) is 42.5 Å². The summed E-state index contributed by atoms with van der Waals surface area (Å²) in [7, 11) is 1.49. The Morgan fingerprint density at radius 1 is 1.06 bits per heavy atom. The Labute approximate surface area is 210 Å². The number of carbonyl (C=O) groups excluding carboxylic acids is 3. The van der Waals surface area contributed by atoms with Gasteiger partial charge in [-0.15, -0.1) is 0 Å². The van der Waals surface area contributed by atoms with Gasteiger partial charge in [-0.25, -0.2) is 14.1 Å². The largest absolute Gasteiger partial charge is 0.496 e. The van der Waals surface area contributed by atoms with E-state index in [-0.39, 0.29) is 17.8 Å². The number of nitrogens with zero attached hydrogens (tertiary/aromatic N) is 1.